The molecule has 1 atom stereocenters. The number of morpholine rings is 1. The summed E-state index contributed by atoms with van der Waals surface area (Å²) in [5, 5.41) is 3.44. The van der Waals surface area contributed by atoms with Crippen LogP contribution in [0.1, 0.15) is 36.2 Å². The first kappa shape index (κ1) is 20.8. The van der Waals surface area contributed by atoms with Crippen molar-refractivity contribution in [2.45, 2.75) is 37.8 Å². The molecule has 1 unspecified atom stereocenters. The summed E-state index contributed by atoms with van der Waals surface area (Å²) in [7, 11) is 0. The fourth-order valence-corrected chi connectivity index (χ4v) is 4.35. The Kier molecular flexibility index (Phi) is 6.59. The summed E-state index contributed by atoms with van der Waals surface area (Å²) in [5.41, 5.74) is 0.649. The van der Waals surface area contributed by atoms with Gasteiger partial charge >= 0.3 is 6.03 Å². The van der Waals surface area contributed by atoms with Crippen molar-refractivity contribution in [3.05, 3.63) is 53.4 Å². The summed E-state index contributed by atoms with van der Waals surface area (Å²) in [6.07, 6.45) is 5.47. The molecule has 30 heavy (non-hydrogen) atoms. The Morgan fingerprint density at radius 2 is 2.03 bits per heavy atom. The predicted molar refractivity (Wildman–Crippen MR) is 114 cm³/mol. The molecule has 160 valence electrons. The molecule has 1 aliphatic carbocycles. The van der Waals surface area contributed by atoms with E-state index < -0.39 is 0 Å². The summed E-state index contributed by atoms with van der Waals surface area (Å²) < 4.78 is 11.3. The van der Waals surface area contributed by atoms with E-state index in [9.17, 15) is 9.59 Å². The van der Waals surface area contributed by atoms with Crippen LogP contribution in [-0.4, -0.2) is 60.1 Å². The standard InChI is InChI=1S/C22H26ClN3O4/c23-16-5-3-6-17(13-16)24-22(28)25-10-12-29-19(14-25)15-26(18-7-1-2-8-18)21(27)20-9-4-11-30-20/h3-6,9,11,13,18-19H,1-2,7-8,10,12,14-15H2,(H,24,28). The molecule has 3 amide bonds. The highest BCUT2D eigenvalue weighted by Crippen LogP contribution is 2.26. The van der Waals surface area contributed by atoms with E-state index in [1.807, 2.05) is 4.90 Å². The number of benzene rings is 1. The van der Waals surface area contributed by atoms with Gasteiger partial charge in [0.15, 0.2) is 5.76 Å². The molecule has 2 fully saturated rings. The molecule has 8 heteroatoms. The second-order valence-electron chi connectivity index (χ2n) is 7.75. The smallest absolute Gasteiger partial charge is 0.322 e. The highest BCUT2D eigenvalue weighted by atomic mass is 35.5. The zero-order valence-electron chi connectivity index (χ0n) is 16.8. The maximum atomic E-state index is 13.0. The molecule has 2 aliphatic rings. The van der Waals surface area contributed by atoms with Gasteiger partial charge in [-0.25, -0.2) is 4.79 Å². The first-order chi connectivity index (χ1) is 14.6. The third-order valence-electron chi connectivity index (χ3n) is 5.66. The van der Waals surface area contributed by atoms with E-state index in [2.05, 4.69) is 5.32 Å². The monoisotopic (exact) mass is 431 g/mol. The molecular formula is C22H26ClN3O4. The topological polar surface area (TPSA) is 75.0 Å². The van der Waals surface area contributed by atoms with Gasteiger partial charge in [0, 0.05) is 29.8 Å². The van der Waals surface area contributed by atoms with Gasteiger partial charge in [0.1, 0.15) is 0 Å². The number of carbonyl (C=O) groups is 2. The zero-order valence-corrected chi connectivity index (χ0v) is 17.5. The number of nitrogens with zero attached hydrogens (tertiary/aromatic N) is 2. The molecule has 1 aromatic heterocycles. The van der Waals surface area contributed by atoms with E-state index in [1.165, 1.54) is 6.26 Å². The van der Waals surface area contributed by atoms with Crippen molar-refractivity contribution in [1.82, 2.24) is 9.80 Å². The van der Waals surface area contributed by atoms with Crippen LogP contribution < -0.4 is 5.32 Å². The molecule has 0 spiro atoms. The van der Waals surface area contributed by atoms with E-state index in [1.54, 1.807) is 41.3 Å². The average Bonchev–Trinajstić information content (AvgIpc) is 3.46. The van der Waals surface area contributed by atoms with Crippen LogP contribution in [-0.2, 0) is 4.74 Å². The van der Waals surface area contributed by atoms with Crippen LogP contribution in [0, 0.1) is 0 Å². The number of amides is 3. The van der Waals surface area contributed by atoms with E-state index in [0.29, 0.717) is 42.7 Å². The van der Waals surface area contributed by atoms with Crippen LogP contribution in [0.5, 0.6) is 0 Å². The number of urea groups is 1. The molecule has 4 rings (SSSR count). The molecular weight excluding hydrogens is 406 g/mol. The summed E-state index contributed by atoms with van der Waals surface area (Å²) in [4.78, 5) is 29.3. The maximum Gasteiger partial charge on any atom is 0.322 e. The van der Waals surface area contributed by atoms with Gasteiger partial charge in [-0.1, -0.05) is 30.5 Å². The van der Waals surface area contributed by atoms with Gasteiger partial charge < -0.3 is 24.3 Å². The number of anilines is 1. The second kappa shape index (κ2) is 9.53. The fraction of sp³-hybridized carbons (Fsp3) is 0.455. The van der Waals surface area contributed by atoms with Gasteiger partial charge in [0.25, 0.3) is 5.91 Å². The molecule has 1 N–H and O–H groups in total. The van der Waals surface area contributed by atoms with Crippen molar-refractivity contribution >= 4 is 29.2 Å². The van der Waals surface area contributed by atoms with E-state index in [0.717, 1.165) is 25.7 Å². The molecule has 1 saturated carbocycles. The molecule has 0 radical (unpaired) electrons. The number of nitrogens with one attached hydrogen (secondary N) is 1. The lowest BCUT2D eigenvalue weighted by Crippen LogP contribution is -2.53. The van der Waals surface area contributed by atoms with Gasteiger partial charge in [-0.05, 0) is 43.2 Å². The molecule has 0 bridgehead atoms. The minimum atomic E-state index is -0.247. The van der Waals surface area contributed by atoms with Gasteiger partial charge in [-0.15, -0.1) is 0 Å². The number of ether oxygens (including phenoxy) is 1. The van der Waals surface area contributed by atoms with Crippen LogP contribution in [0.2, 0.25) is 5.02 Å². The lowest BCUT2D eigenvalue weighted by molar-refractivity contribution is -0.0312. The van der Waals surface area contributed by atoms with Crippen LogP contribution >= 0.6 is 11.6 Å². The Labute approximate surface area is 180 Å². The van der Waals surface area contributed by atoms with Crippen molar-refractivity contribution < 1.29 is 18.7 Å². The van der Waals surface area contributed by atoms with Crippen LogP contribution in [0.25, 0.3) is 0 Å². The first-order valence-corrected chi connectivity index (χ1v) is 10.8. The zero-order chi connectivity index (χ0) is 20.9. The molecule has 1 saturated heterocycles. The number of rotatable bonds is 5. The normalized spacial score (nSPS) is 19.6. The number of hydrogen-bond donors (Lipinski definition) is 1. The SMILES string of the molecule is O=C(Nc1cccc(Cl)c1)N1CCOC(CN(C(=O)c2ccco2)C2CCCC2)C1. The maximum absolute atomic E-state index is 13.0. The molecule has 1 aliphatic heterocycles. The Morgan fingerprint density at radius 1 is 1.20 bits per heavy atom. The van der Waals surface area contributed by atoms with Crippen LogP contribution in [0.15, 0.2) is 47.1 Å². The number of furan rings is 1. The van der Waals surface area contributed by atoms with E-state index in [4.69, 9.17) is 20.8 Å². The largest absolute Gasteiger partial charge is 0.459 e. The lowest BCUT2D eigenvalue weighted by Gasteiger charge is -2.37. The number of halogens is 1. The predicted octanol–water partition coefficient (Wildman–Crippen LogP) is 4.25. The average molecular weight is 432 g/mol. The number of carbonyl (C=O) groups excluding carboxylic acids is 2. The van der Waals surface area contributed by atoms with E-state index >= 15 is 0 Å². The second-order valence-corrected chi connectivity index (χ2v) is 8.19. The third-order valence-corrected chi connectivity index (χ3v) is 5.90. The quantitative estimate of drug-likeness (QED) is 0.767. The van der Waals surface area contributed by atoms with Crippen LogP contribution in [0.4, 0.5) is 10.5 Å². The summed E-state index contributed by atoms with van der Waals surface area (Å²) in [6, 6.07) is 10.5. The summed E-state index contributed by atoms with van der Waals surface area (Å²) >= 11 is 6.00. The van der Waals surface area contributed by atoms with E-state index in [-0.39, 0.29) is 24.1 Å². The highest BCUT2D eigenvalue weighted by molar-refractivity contribution is 6.30. The van der Waals surface area contributed by atoms with Crippen molar-refractivity contribution in [2.24, 2.45) is 0 Å². The van der Waals surface area contributed by atoms with Crippen molar-refractivity contribution in [1.29, 1.82) is 0 Å². The minimum Gasteiger partial charge on any atom is -0.459 e. The van der Waals surface area contributed by atoms with Crippen molar-refractivity contribution in [3.63, 3.8) is 0 Å². The Balaban J connectivity index is 1.40. The fourth-order valence-electron chi connectivity index (χ4n) is 4.16. The Morgan fingerprint density at radius 3 is 2.77 bits per heavy atom. The highest BCUT2D eigenvalue weighted by Gasteiger charge is 2.33. The summed E-state index contributed by atoms with van der Waals surface area (Å²) in [6.45, 7) is 1.78. The Bertz CT molecular complexity index is 867. The molecule has 2 heterocycles. The molecule has 1 aromatic carbocycles. The Hall–Kier alpha value is -2.51. The summed E-state index contributed by atoms with van der Waals surface area (Å²) in [5.74, 6) is 0.226. The third kappa shape index (κ3) is 4.96. The lowest BCUT2D eigenvalue weighted by atomic mass is 10.1. The van der Waals surface area contributed by atoms with Crippen LogP contribution in [0.3, 0.4) is 0 Å². The van der Waals surface area contributed by atoms with Gasteiger partial charge in [-0.3, -0.25) is 4.79 Å². The molecule has 2 aromatic rings. The molecule has 7 nitrogen and oxygen atoms in total. The minimum absolute atomic E-state index is 0.115. The van der Waals surface area contributed by atoms with Gasteiger partial charge in [-0.2, -0.15) is 0 Å². The first-order valence-electron chi connectivity index (χ1n) is 10.4. The van der Waals surface area contributed by atoms with Gasteiger partial charge in [0.05, 0.1) is 25.5 Å². The van der Waals surface area contributed by atoms with Crippen molar-refractivity contribution in [3.8, 4) is 0 Å². The number of hydrogen-bond acceptors (Lipinski definition) is 4. The van der Waals surface area contributed by atoms with Gasteiger partial charge in [0.2, 0.25) is 0 Å². The van der Waals surface area contributed by atoms with Crippen molar-refractivity contribution in [2.75, 3.05) is 31.6 Å².